The topological polar surface area (TPSA) is 69.6 Å². The molecule has 0 atom stereocenters. The fourth-order valence-electron chi connectivity index (χ4n) is 2.30. The van der Waals surface area contributed by atoms with Crippen LogP contribution >= 0.6 is 0 Å². The van der Waals surface area contributed by atoms with Crippen molar-refractivity contribution >= 4 is 29.1 Å². The molecule has 2 aromatic rings. The van der Waals surface area contributed by atoms with Crippen molar-refractivity contribution in [1.29, 1.82) is 0 Å². The van der Waals surface area contributed by atoms with Gasteiger partial charge in [-0.1, -0.05) is 24.8 Å². The number of hydrogen-bond donors (Lipinski definition) is 2. The van der Waals surface area contributed by atoms with Crippen LogP contribution in [0.2, 0.25) is 0 Å². The summed E-state index contributed by atoms with van der Waals surface area (Å²) >= 11 is 0. The number of allylic oxidation sites excluding steroid dienone is 1. The van der Waals surface area contributed by atoms with Crippen molar-refractivity contribution in [3.63, 3.8) is 0 Å². The SMILES string of the molecule is C=CC(=O)Nc1ccc(C(=O)/C=C/c2ccc(N(C)CCO)cc2)cc1. The minimum Gasteiger partial charge on any atom is -0.395 e. The molecule has 0 aliphatic rings. The summed E-state index contributed by atoms with van der Waals surface area (Å²) in [5.74, 6) is -0.412. The molecule has 0 unspecified atom stereocenters. The molecule has 0 saturated carbocycles. The molecule has 0 fully saturated rings. The van der Waals surface area contributed by atoms with Crippen LogP contribution in [0.15, 0.2) is 67.3 Å². The number of nitrogens with zero attached hydrogens (tertiary/aromatic N) is 1. The first kappa shape index (κ1) is 19.1. The Balaban J connectivity index is 2.00. The number of carbonyl (C=O) groups is 2. The Kier molecular flexibility index (Phi) is 6.88. The summed E-state index contributed by atoms with van der Waals surface area (Å²) in [7, 11) is 1.91. The number of anilines is 2. The van der Waals surface area contributed by atoms with E-state index in [0.29, 0.717) is 17.8 Å². The summed E-state index contributed by atoms with van der Waals surface area (Å²) in [5, 5.41) is 11.6. The van der Waals surface area contributed by atoms with E-state index in [9.17, 15) is 9.59 Å². The van der Waals surface area contributed by atoms with Crippen molar-refractivity contribution in [2.24, 2.45) is 0 Å². The Morgan fingerprint density at radius 2 is 1.77 bits per heavy atom. The van der Waals surface area contributed by atoms with Crippen LogP contribution in [0, 0.1) is 0 Å². The van der Waals surface area contributed by atoms with E-state index in [1.165, 1.54) is 12.2 Å². The van der Waals surface area contributed by atoms with Gasteiger partial charge in [-0.05, 0) is 54.1 Å². The second-order valence-corrected chi connectivity index (χ2v) is 5.71. The average molecular weight is 350 g/mol. The molecule has 0 aliphatic carbocycles. The molecule has 5 heteroatoms. The fourth-order valence-corrected chi connectivity index (χ4v) is 2.30. The van der Waals surface area contributed by atoms with Crippen LogP contribution in [0.3, 0.4) is 0 Å². The standard InChI is InChI=1S/C21H22N2O3/c1-3-21(26)22-18-9-7-17(8-10-18)20(25)13-6-16-4-11-19(12-5-16)23(2)14-15-24/h3-13,24H,1,14-15H2,2H3,(H,22,26)/b13-6+. The van der Waals surface area contributed by atoms with Gasteiger partial charge in [-0.2, -0.15) is 0 Å². The number of nitrogens with one attached hydrogen (secondary N) is 1. The Bertz CT molecular complexity index is 793. The summed E-state index contributed by atoms with van der Waals surface area (Å²) in [6.07, 6.45) is 4.46. The van der Waals surface area contributed by atoms with Crippen LogP contribution in [0.1, 0.15) is 15.9 Å². The van der Waals surface area contributed by atoms with Gasteiger partial charge in [0.25, 0.3) is 0 Å². The second kappa shape index (κ2) is 9.34. The molecule has 1 amide bonds. The third kappa shape index (κ3) is 5.43. The van der Waals surface area contributed by atoms with Crippen molar-refractivity contribution < 1.29 is 14.7 Å². The lowest BCUT2D eigenvalue weighted by molar-refractivity contribution is -0.111. The quantitative estimate of drug-likeness (QED) is 0.567. The highest BCUT2D eigenvalue weighted by Gasteiger charge is 2.03. The average Bonchev–Trinajstić information content (AvgIpc) is 2.67. The van der Waals surface area contributed by atoms with Crippen molar-refractivity contribution in [3.05, 3.63) is 78.4 Å². The van der Waals surface area contributed by atoms with E-state index in [1.54, 1.807) is 30.3 Å². The third-order valence-corrected chi connectivity index (χ3v) is 3.82. The monoisotopic (exact) mass is 350 g/mol. The molecular formula is C21H22N2O3. The van der Waals surface area contributed by atoms with Crippen molar-refractivity contribution in [2.45, 2.75) is 0 Å². The Hall–Kier alpha value is -3.18. The van der Waals surface area contributed by atoms with Gasteiger partial charge in [0.15, 0.2) is 5.78 Å². The maximum absolute atomic E-state index is 12.2. The fraction of sp³-hybridized carbons (Fsp3) is 0.143. The van der Waals surface area contributed by atoms with Crippen molar-refractivity contribution in [2.75, 3.05) is 30.4 Å². The van der Waals surface area contributed by atoms with E-state index in [1.807, 2.05) is 36.2 Å². The lowest BCUT2D eigenvalue weighted by Crippen LogP contribution is -2.20. The molecule has 0 bridgehead atoms. The molecule has 2 aromatic carbocycles. The molecule has 134 valence electrons. The molecule has 26 heavy (non-hydrogen) atoms. The summed E-state index contributed by atoms with van der Waals surface area (Å²) in [4.78, 5) is 25.4. The first-order valence-corrected chi connectivity index (χ1v) is 8.21. The number of likely N-dealkylation sites (N-methyl/N-ethyl adjacent to an activating group) is 1. The van der Waals surface area contributed by atoms with E-state index in [0.717, 1.165) is 11.3 Å². The number of hydrogen-bond acceptors (Lipinski definition) is 4. The van der Waals surface area contributed by atoms with Gasteiger partial charge < -0.3 is 15.3 Å². The maximum atomic E-state index is 12.2. The number of carbonyl (C=O) groups excluding carboxylic acids is 2. The molecule has 0 radical (unpaired) electrons. The van der Waals surface area contributed by atoms with Crippen LogP contribution in [-0.2, 0) is 4.79 Å². The highest BCUT2D eigenvalue weighted by molar-refractivity contribution is 6.07. The number of benzene rings is 2. The van der Waals surface area contributed by atoms with Gasteiger partial charge in [-0.25, -0.2) is 0 Å². The predicted octanol–water partition coefficient (Wildman–Crippen LogP) is 3.14. The zero-order chi connectivity index (χ0) is 18.9. The van der Waals surface area contributed by atoms with Crippen LogP contribution in [0.4, 0.5) is 11.4 Å². The highest BCUT2D eigenvalue weighted by Crippen LogP contribution is 2.15. The summed E-state index contributed by atoms with van der Waals surface area (Å²) in [5.41, 5.74) is 3.06. The van der Waals surface area contributed by atoms with E-state index < -0.39 is 0 Å². The van der Waals surface area contributed by atoms with E-state index >= 15 is 0 Å². The summed E-state index contributed by atoms with van der Waals surface area (Å²) in [6.45, 7) is 4.06. The van der Waals surface area contributed by atoms with Crippen LogP contribution in [-0.4, -0.2) is 37.0 Å². The lowest BCUT2D eigenvalue weighted by atomic mass is 10.1. The molecule has 0 spiro atoms. The van der Waals surface area contributed by atoms with Crippen LogP contribution in [0.5, 0.6) is 0 Å². The summed E-state index contributed by atoms with van der Waals surface area (Å²) < 4.78 is 0. The van der Waals surface area contributed by atoms with Gasteiger partial charge >= 0.3 is 0 Å². The largest absolute Gasteiger partial charge is 0.395 e. The van der Waals surface area contributed by atoms with Gasteiger partial charge in [-0.3, -0.25) is 9.59 Å². The molecule has 0 aliphatic heterocycles. The van der Waals surface area contributed by atoms with Gasteiger partial charge in [0.2, 0.25) is 5.91 Å². The first-order chi connectivity index (χ1) is 12.5. The normalized spacial score (nSPS) is 10.5. The maximum Gasteiger partial charge on any atom is 0.247 e. The van der Waals surface area contributed by atoms with E-state index in [4.69, 9.17) is 5.11 Å². The van der Waals surface area contributed by atoms with E-state index in [-0.39, 0.29) is 18.3 Å². The predicted molar refractivity (Wildman–Crippen MR) is 105 cm³/mol. The number of aliphatic hydroxyl groups excluding tert-OH is 1. The molecule has 2 rings (SSSR count). The van der Waals surface area contributed by atoms with Crippen molar-refractivity contribution in [3.8, 4) is 0 Å². The minimum atomic E-state index is -0.294. The van der Waals surface area contributed by atoms with Gasteiger partial charge in [-0.15, -0.1) is 0 Å². The Morgan fingerprint density at radius 3 is 2.35 bits per heavy atom. The minimum absolute atomic E-state index is 0.0999. The van der Waals surface area contributed by atoms with Gasteiger partial charge in [0.1, 0.15) is 0 Å². The van der Waals surface area contributed by atoms with Crippen molar-refractivity contribution in [1.82, 2.24) is 0 Å². The van der Waals surface area contributed by atoms with Gasteiger partial charge in [0.05, 0.1) is 6.61 Å². The second-order valence-electron chi connectivity index (χ2n) is 5.71. The molecule has 0 heterocycles. The number of amides is 1. The van der Waals surface area contributed by atoms with E-state index in [2.05, 4.69) is 11.9 Å². The number of rotatable bonds is 8. The molecule has 0 saturated heterocycles. The van der Waals surface area contributed by atoms with Crippen LogP contribution < -0.4 is 10.2 Å². The highest BCUT2D eigenvalue weighted by atomic mass is 16.3. The number of aliphatic hydroxyl groups is 1. The lowest BCUT2D eigenvalue weighted by Gasteiger charge is -2.17. The third-order valence-electron chi connectivity index (χ3n) is 3.82. The molecule has 2 N–H and O–H groups in total. The zero-order valence-corrected chi connectivity index (χ0v) is 14.7. The Morgan fingerprint density at radius 1 is 1.12 bits per heavy atom. The summed E-state index contributed by atoms with van der Waals surface area (Å²) in [6, 6.07) is 14.4. The smallest absolute Gasteiger partial charge is 0.247 e. The Labute approximate surface area is 153 Å². The molecular weight excluding hydrogens is 328 g/mol. The molecule has 0 aromatic heterocycles. The number of ketones is 1. The first-order valence-electron chi connectivity index (χ1n) is 8.21. The van der Waals surface area contributed by atoms with Crippen LogP contribution in [0.25, 0.3) is 6.08 Å². The zero-order valence-electron chi connectivity index (χ0n) is 14.7. The van der Waals surface area contributed by atoms with Gasteiger partial charge in [0, 0.05) is 30.5 Å². The molecule has 5 nitrogen and oxygen atoms in total.